The Hall–Kier alpha value is -0.820. The van der Waals surface area contributed by atoms with Crippen LogP contribution in [0.1, 0.15) is 86.5 Å². The molecule has 0 saturated carbocycles. The molecule has 0 aliphatic heterocycles. The van der Waals surface area contributed by atoms with Gasteiger partial charge in [0, 0.05) is 5.33 Å². The molecule has 148 valence electrons. The highest BCUT2D eigenvalue weighted by atomic mass is 79.9. The molecular formula is C25H41Br. The van der Waals surface area contributed by atoms with Crippen molar-refractivity contribution in [2.24, 2.45) is 5.41 Å². The molecule has 0 spiro atoms. The maximum absolute atomic E-state index is 4.29. The van der Waals surface area contributed by atoms with Gasteiger partial charge in [-0.1, -0.05) is 89.0 Å². The minimum atomic E-state index is 0.248. The zero-order valence-corrected chi connectivity index (χ0v) is 19.7. The molecule has 0 nitrogen and oxygen atoms in total. The van der Waals surface area contributed by atoms with E-state index < -0.39 is 0 Å². The third-order valence-corrected chi connectivity index (χ3v) is 4.98. The molecule has 0 aliphatic rings. The first-order chi connectivity index (χ1) is 12.2. The Balaban J connectivity index is 4.18. The largest absolute Gasteiger partial charge is 0.0995 e. The summed E-state index contributed by atoms with van der Waals surface area (Å²) in [6.45, 7) is 17.7. The molecule has 0 aromatic carbocycles. The Bertz CT molecular complexity index is 522. The summed E-state index contributed by atoms with van der Waals surface area (Å²) in [5.74, 6) is 0. The predicted molar refractivity (Wildman–Crippen MR) is 125 cm³/mol. The summed E-state index contributed by atoms with van der Waals surface area (Å²) in [7, 11) is 0. The lowest BCUT2D eigenvalue weighted by atomic mass is 9.85. The van der Waals surface area contributed by atoms with Gasteiger partial charge in [-0.25, -0.2) is 0 Å². The third-order valence-electron chi connectivity index (χ3n) is 4.65. The van der Waals surface area contributed by atoms with Crippen molar-refractivity contribution in [3.63, 3.8) is 0 Å². The van der Waals surface area contributed by atoms with Gasteiger partial charge in [0.1, 0.15) is 0 Å². The van der Waals surface area contributed by atoms with Crippen molar-refractivity contribution in [1.82, 2.24) is 0 Å². The molecule has 0 atom stereocenters. The molecule has 0 fully saturated rings. The maximum atomic E-state index is 4.29. The zero-order valence-electron chi connectivity index (χ0n) is 18.1. The van der Waals surface area contributed by atoms with Crippen molar-refractivity contribution < 1.29 is 0 Å². The monoisotopic (exact) mass is 420 g/mol. The molecule has 0 aromatic rings. The molecule has 0 unspecified atom stereocenters. The van der Waals surface area contributed by atoms with Gasteiger partial charge >= 0.3 is 0 Å². The van der Waals surface area contributed by atoms with Crippen LogP contribution in [-0.2, 0) is 0 Å². The average Bonchev–Trinajstić information content (AvgIpc) is 2.55. The van der Waals surface area contributed by atoms with Gasteiger partial charge in [0.05, 0.1) is 0 Å². The fourth-order valence-electron chi connectivity index (χ4n) is 2.64. The molecule has 0 aromatic heterocycles. The Morgan fingerprint density at radius 1 is 0.885 bits per heavy atom. The number of alkyl halides is 1. The molecule has 26 heavy (non-hydrogen) atoms. The van der Waals surface area contributed by atoms with Crippen LogP contribution in [0.3, 0.4) is 0 Å². The second kappa shape index (κ2) is 14.3. The topological polar surface area (TPSA) is 0 Å². The van der Waals surface area contributed by atoms with E-state index in [1.807, 2.05) is 0 Å². The van der Waals surface area contributed by atoms with Crippen molar-refractivity contribution in [1.29, 1.82) is 0 Å². The summed E-state index contributed by atoms with van der Waals surface area (Å²) in [5.41, 5.74) is 5.95. The van der Waals surface area contributed by atoms with E-state index in [2.05, 4.69) is 94.4 Å². The van der Waals surface area contributed by atoms with Crippen LogP contribution in [0, 0.1) is 5.41 Å². The molecule has 1 heteroatoms. The summed E-state index contributed by atoms with van der Waals surface area (Å²) in [6.07, 6.45) is 19.6. The molecule has 0 N–H and O–H groups in total. The van der Waals surface area contributed by atoms with Gasteiger partial charge in [0.15, 0.2) is 0 Å². The molecule has 0 radical (unpaired) electrons. The summed E-state index contributed by atoms with van der Waals surface area (Å²) in [6, 6.07) is 0. The summed E-state index contributed by atoms with van der Waals surface area (Å²) in [4.78, 5) is 0. The van der Waals surface area contributed by atoms with E-state index >= 15 is 0 Å². The normalized spacial score (nSPS) is 13.3. The number of hydrogen-bond acceptors (Lipinski definition) is 0. The van der Waals surface area contributed by atoms with E-state index in [0.717, 1.165) is 43.9 Å². The minimum absolute atomic E-state index is 0.248. The van der Waals surface area contributed by atoms with E-state index in [-0.39, 0.29) is 5.41 Å². The zero-order chi connectivity index (χ0) is 20.0. The van der Waals surface area contributed by atoms with Gasteiger partial charge < -0.3 is 0 Å². The molecule has 0 rings (SSSR count). The average molecular weight is 422 g/mol. The van der Waals surface area contributed by atoms with Crippen LogP contribution in [-0.4, -0.2) is 5.33 Å². The third kappa shape index (κ3) is 15.4. The predicted octanol–water partition coefficient (Wildman–Crippen LogP) is 9.11. The highest BCUT2D eigenvalue weighted by molar-refractivity contribution is 9.09. The minimum Gasteiger partial charge on any atom is -0.0995 e. The van der Waals surface area contributed by atoms with E-state index in [1.165, 1.54) is 28.7 Å². The van der Waals surface area contributed by atoms with Crippen LogP contribution in [0.25, 0.3) is 0 Å². The van der Waals surface area contributed by atoms with Gasteiger partial charge in [0.25, 0.3) is 0 Å². The van der Waals surface area contributed by atoms with Gasteiger partial charge in [0.2, 0.25) is 0 Å². The quantitative estimate of drug-likeness (QED) is 0.205. The van der Waals surface area contributed by atoms with E-state index in [4.69, 9.17) is 0 Å². The molecule has 0 heterocycles. The summed E-state index contributed by atoms with van der Waals surface area (Å²) in [5, 5.41) is 0.957. The highest BCUT2D eigenvalue weighted by Crippen LogP contribution is 2.27. The maximum Gasteiger partial charge on any atom is 0.0214 e. The van der Waals surface area contributed by atoms with E-state index in [0.29, 0.717) is 0 Å². The van der Waals surface area contributed by atoms with Crippen LogP contribution in [0.15, 0.2) is 59.3 Å². The van der Waals surface area contributed by atoms with Crippen LogP contribution >= 0.6 is 15.9 Å². The smallest absolute Gasteiger partial charge is 0.0214 e. The number of allylic oxidation sites excluding steroid dienone is 9. The fourth-order valence-corrected chi connectivity index (χ4v) is 3.19. The molecular weight excluding hydrogens is 380 g/mol. The van der Waals surface area contributed by atoms with Crippen LogP contribution in [0.2, 0.25) is 0 Å². The molecule has 0 amide bonds. The van der Waals surface area contributed by atoms with Crippen LogP contribution < -0.4 is 0 Å². The van der Waals surface area contributed by atoms with Gasteiger partial charge in [-0.15, -0.1) is 0 Å². The van der Waals surface area contributed by atoms with Crippen molar-refractivity contribution in [3.8, 4) is 0 Å². The number of hydrogen-bond donors (Lipinski definition) is 0. The Morgan fingerprint density at radius 2 is 1.50 bits per heavy atom. The second-order valence-electron chi connectivity index (χ2n) is 8.46. The lowest BCUT2D eigenvalue weighted by Crippen LogP contribution is -2.07. The van der Waals surface area contributed by atoms with Gasteiger partial charge in [-0.05, 0) is 78.1 Å². The van der Waals surface area contributed by atoms with Gasteiger partial charge in [-0.2, -0.15) is 0 Å². The second-order valence-corrected chi connectivity index (χ2v) is 9.11. The molecule has 0 aliphatic carbocycles. The van der Waals surface area contributed by atoms with Gasteiger partial charge in [-0.3, -0.25) is 0 Å². The summed E-state index contributed by atoms with van der Waals surface area (Å²) < 4.78 is 0. The SMILES string of the molecule is C=C(C/C=C(\C)CCC=C(C)C)CCC(C)(C)/C=C/CC/C(C)=C\CBr. The number of halogens is 1. The van der Waals surface area contributed by atoms with Crippen LogP contribution in [0.4, 0.5) is 0 Å². The number of rotatable bonds is 13. The van der Waals surface area contributed by atoms with Crippen molar-refractivity contribution in [3.05, 3.63) is 59.3 Å². The first-order valence-corrected chi connectivity index (χ1v) is 11.1. The Kier molecular flexibility index (Phi) is 13.8. The lowest BCUT2D eigenvalue weighted by molar-refractivity contribution is 0.435. The van der Waals surface area contributed by atoms with Crippen molar-refractivity contribution >= 4 is 15.9 Å². The molecule has 0 bridgehead atoms. The van der Waals surface area contributed by atoms with Crippen LogP contribution in [0.5, 0.6) is 0 Å². The first kappa shape index (κ1) is 25.2. The standard InChI is InChI=1S/C25H41Br/c1-21(2)11-10-13-22(3)14-15-24(5)16-19-25(6,7)18-9-8-12-23(4)17-20-26/h9,11,14,17-18H,5,8,10,12-13,15-16,19-20H2,1-4,6-7H3/b18-9+,22-14+,23-17-. The Labute approximate surface area is 172 Å². The Morgan fingerprint density at radius 3 is 2.12 bits per heavy atom. The van der Waals surface area contributed by atoms with Crippen molar-refractivity contribution in [2.45, 2.75) is 86.5 Å². The molecule has 0 saturated heterocycles. The van der Waals surface area contributed by atoms with E-state index in [9.17, 15) is 0 Å². The van der Waals surface area contributed by atoms with Crippen molar-refractivity contribution in [2.75, 3.05) is 5.33 Å². The lowest BCUT2D eigenvalue weighted by Gasteiger charge is -2.20. The fraction of sp³-hybridized carbons (Fsp3) is 0.600. The van der Waals surface area contributed by atoms with E-state index in [1.54, 1.807) is 0 Å². The summed E-state index contributed by atoms with van der Waals surface area (Å²) >= 11 is 3.45. The first-order valence-electron chi connectivity index (χ1n) is 10.0. The highest BCUT2D eigenvalue weighted by Gasteiger charge is 2.13.